The molecule has 0 radical (unpaired) electrons. The summed E-state index contributed by atoms with van der Waals surface area (Å²) >= 11 is 0. The van der Waals surface area contributed by atoms with E-state index in [1.165, 1.54) is 5.56 Å². The normalized spacial score (nSPS) is 11.9. The molecule has 1 aromatic rings. The van der Waals surface area contributed by atoms with E-state index in [1.807, 2.05) is 52.4 Å². The Bertz CT molecular complexity index is 650. The number of rotatable bonds is 14. The van der Waals surface area contributed by atoms with Crippen LogP contribution in [0.3, 0.4) is 0 Å². The first-order valence-corrected chi connectivity index (χ1v) is 13.3. The van der Waals surface area contributed by atoms with Gasteiger partial charge in [0.05, 0.1) is 0 Å². The Kier molecular flexibility index (Phi) is 9.68. The van der Waals surface area contributed by atoms with Crippen LogP contribution < -0.4 is 0 Å². The average molecular weight is 394 g/mol. The second-order valence-electron chi connectivity index (χ2n) is 6.07. The molecule has 4 heteroatoms. The van der Waals surface area contributed by atoms with Crippen molar-refractivity contribution in [3.63, 3.8) is 0 Å². The molecule has 27 heavy (non-hydrogen) atoms. The van der Waals surface area contributed by atoms with E-state index in [4.69, 9.17) is 4.43 Å². The van der Waals surface area contributed by atoms with Crippen molar-refractivity contribution in [3.8, 4) is 0 Å². The van der Waals surface area contributed by atoms with Crippen molar-refractivity contribution in [2.45, 2.75) is 0 Å². The van der Waals surface area contributed by atoms with Crippen LogP contribution in [0.4, 0.5) is 0 Å². The standard InChI is InChI=1S/C23H31NOSi2/c1-7-26(8-2,9-3)24(20-16-19-23-17-14-13-15-18-23)21-22-25-27(10-4,11-5)12-6/h7-19H,1-6,20-22H2. The van der Waals surface area contributed by atoms with Gasteiger partial charge in [-0.05, 0) is 5.56 Å². The number of hydrogen-bond donors (Lipinski definition) is 0. The lowest BCUT2D eigenvalue weighted by atomic mass is 10.2. The van der Waals surface area contributed by atoms with Gasteiger partial charge in [-0.15, -0.1) is 39.5 Å². The molecule has 0 amide bonds. The summed E-state index contributed by atoms with van der Waals surface area (Å²) in [5, 5.41) is 0. The molecule has 142 valence electrons. The molecule has 2 nitrogen and oxygen atoms in total. The minimum atomic E-state index is -2.27. The predicted molar refractivity (Wildman–Crippen MR) is 126 cm³/mol. The van der Waals surface area contributed by atoms with Gasteiger partial charge in [-0.1, -0.05) is 76.7 Å². The fraction of sp³-hybridized carbons (Fsp3) is 0.130. The molecule has 0 unspecified atom stereocenters. The third-order valence-electron chi connectivity index (χ3n) is 4.63. The molecule has 0 aliphatic rings. The molecule has 0 aliphatic heterocycles. The summed E-state index contributed by atoms with van der Waals surface area (Å²) in [7, 11) is -4.45. The van der Waals surface area contributed by atoms with Crippen molar-refractivity contribution >= 4 is 22.6 Å². The zero-order chi connectivity index (χ0) is 20.2. The van der Waals surface area contributed by atoms with E-state index < -0.39 is 16.6 Å². The minimum absolute atomic E-state index is 0.555. The molecule has 0 aromatic heterocycles. The smallest absolute Gasteiger partial charge is 0.264 e. The van der Waals surface area contributed by atoms with Gasteiger partial charge in [0, 0.05) is 19.7 Å². The zero-order valence-corrected chi connectivity index (χ0v) is 18.2. The van der Waals surface area contributed by atoms with Crippen molar-refractivity contribution in [3.05, 3.63) is 116 Å². The van der Waals surface area contributed by atoms with E-state index in [1.54, 1.807) is 0 Å². The van der Waals surface area contributed by atoms with Crippen LogP contribution in [0.15, 0.2) is 110 Å². The monoisotopic (exact) mass is 393 g/mol. The fourth-order valence-electron chi connectivity index (χ4n) is 2.72. The second kappa shape index (κ2) is 11.5. The van der Waals surface area contributed by atoms with Crippen LogP contribution in [0, 0.1) is 0 Å². The lowest BCUT2D eigenvalue weighted by molar-refractivity contribution is 0.281. The van der Waals surface area contributed by atoms with Crippen molar-refractivity contribution in [2.24, 2.45) is 0 Å². The molecule has 0 bridgehead atoms. The Balaban J connectivity index is 2.92. The molecule has 1 aromatic carbocycles. The fourth-order valence-corrected chi connectivity index (χ4v) is 6.19. The van der Waals surface area contributed by atoms with Crippen molar-refractivity contribution in [1.82, 2.24) is 4.57 Å². The topological polar surface area (TPSA) is 12.5 Å². The molecule has 0 spiro atoms. The highest BCUT2D eigenvalue weighted by molar-refractivity contribution is 6.90. The van der Waals surface area contributed by atoms with Gasteiger partial charge in [0.15, 0.2) is 0 Å². The SMILES string of the molecule is C=C[Si](C=C)(C=C)OCCN(CC=Cc1ccccc1)[Si](C=C)(C=C)C=C. The summed E-state index contributed by atoms with van der Waals surface area (Å²) in [6.07, 6.45) is 4.28. The maximum atomic E-state index is 6.14. The first-order valence-electron chi connectivity index (χ1n) is 8.97. The summed E-state index contributed by atoms with van der Waals surface area (Å²) in [6, 6.07) is 10.3. The Morgan fingerprint density at radius 2 is 1.37 bits per heavy atom. The molecular weight excluding hydrogens is 362 g/mol. The van der Waals surface area contributed by atoms with Gasteiger partial charge >= 0.3 is 0 Å². The first-order chi connectivity index (χ1) is 13.0. The highest BCUT2D eigenvalue weighted by Crippen LogP contribution is 2.16. The Hall–Kier alpha value is -2.25. The summed E-state index contributed by atoms with van der Waals surface area (Å²) in [4.78, 5) is 0. The molecular formula is C23H31NOSi2. The zero-order valence-electron chi connectivity index (χ0n) is 16.2. The van der Waals surface area contributed by atoms with Crippen LogP contribution in [0.1, 0.15) is 5.56 Å². The number of nitrogens with zero attached hydrogens (tertiary/aromatic N) is 1. The maximum Gasteiger partial charge on any atom is 0.264 e. The van der Waals surface area contributed by atoms with E-state index in [9.17, 15) is 0 Å². The molecule has 0 saturated carbocycles. The molecule has 0 saturated heterocycles. The van der Waals surface area contributed by atoms with Gasteiger partial charge in [-0.3, -0.25) is 0 Å². The lowest BCUT2D eigenvalue weighted by Gasteiger charge is -2.35. The molecule has 0 N–H and O–H groups in total. The van der Waals surface area contributed by atoms with Crippen LogP contribution >= 0.6 is 0 Å². The third-order valence-corrected chi connectivity index (χ3v) is 10.7. The highest BCUT2D eigenvalue weighted by atomic mass is 28.4. The van der Waals surface area contributed by atoms with Gasteiger partial charge in [-0.25, -0.2) is 0 Å². The summed E-state index contributed by atoms with van der Waals surface area (Å²) < 4.78 is 8.49. The summed E-state index contributed by atoms with van der Waals surface area (Å²) in [5.41, 5.74) is 12.7. The Labute approximate surface area is 167 Å². The molecule has 0 heterocycles. The average Bonchev–Trinajstić information content (AvgIpc) is 2.73. The van der Waals surface area contributed by atoms with Crippen LogP contribution in [0.25, 0.3) is 6.08 Å². The van der Waals surface area contributed by atoms with Gasteiger partial charge in [0.25, 0.3) is 8.32 Å². The lowest BCUT2D eigenvalue weighted by Crippen LogP contribution is -2.51. The van der Waals surface area contributed by atoms with Gasteiger partial charge in [0.2, 0.25) is 8.24 Å². The summed E-state index contributed by atoms with van der Waals surface area (Å²) in [5.74, 6) is 0. The largest absolute Gasteiger partial charge is 0.404 e. The maximum absolute atomic E-state index is 6.14. The van der Waals surface area contributed by atoms with E-state index in [2.05, 4.69) is 68.3 Å². The van der Waals surface area contributed by atoms with Crippen LogP contribution in [-0.2, 0) is 4.43 Å². The quantitative estimate of drug-likeness (QED) is 0.400. The van der Waals surface area contributed by atoms with E-state index >= 15 is 0 Å². The van der Waals surface area contributed by atoms with E-state index in [0.29, 0.717) is 6.61 Å². The van der Waals surface area contributed by atoms with Crippen molar-refractivity contribution in [2.75, 3.05) is 19.7 Å². The van der Waals surface area contributed by atoms with E-state index in [0.717, 1.165) is 13.1 Å². The highest BCUT2D eigenvalue weighted by Gasteiger charge is 2.31. The molecule has 0 aliphatic carbocycles. The third kappa shape index (κ3) is 6.15. The number of hydrogen-bond acceptors (Lipinski definition) is 2. The summed E-state index contributed by atoms with van der Waals surface area (Å²) in [6.45, 7) is 25.8. The molecule has 1 rings (SSSR count). The van der Waals surface area contributed by atoms with Gasteiger partial charge < -0.3 is 8.99 Å². The van der Waals surface area contributed by atoms with Crippen LogP contribution in [0.5, 0.6) is 0 Å². The van der Waals surface area contributed by atoms with Crippen molar-refractivity contribution < 1.29 is 4.43 Å². The second-order valence-corrected chi connectivity index (χ2v) is 12.9. The molecule has 0 fully saturated rings. The minimum Gasteiger partial charge on any atom is -0.404 e. The Morgan fingerprint density at radius 1 is 0.815 bits per heavy atom. The molecule has 0 atom stereocenters. The van der Waals surface area contributed by atoms with Gasteiger partial charge in [0.1, 0.15) is 0 Å². The Morgan fingerprint density at radius 3 is 1.85 bits per heavy atom. The van der Waals surface area contributed by atoms with Crippen molar-refractivity contribution in [1.29, 1.82) is 0 Å². The first kappa shape index (κ1) is 22.8. The number of benzene rings is 1. The van der Waals surface area contributed by atoms with Crippen LogP contribution in [-0.4, -0.2) is 40.8 Å². The van der Waals surface area contributed by atoms with E-state index in [-0.39, 0.29) is 0 Å². The van der Waals surface area contributed by atoms with Gasteiger partial charge in [-0.2, -0.15) is 0 Å². The predicted octanol–water partition coefficient (Wildman–Crippen LogP) is 5.26. The van der Waals surface area contributed by atoms with Crippen LogP contribution in [0.2, 0.25) is 0 Å².